The van der Waals surface area contributed by atoms with Gasteiger partial charge in [0.1, 0.15) is 5.76 Å². The van der Waals surface area contributed by atoms with Crippen LogP contribution in [0.2, 0.25) is 5.02 Å². The number of aryl methyl sites for hydroxylation is 2. The van der Waals surface area contributed by atoms with Gasteiger partial charge in [-0.25, -0.2) is 0 Å². The normalized spacial score (nSPS) is 10.9. The Morgan fingerprint density at radius 2 is 2.12 bits per heavy atom. The minimum atomic E-state index is -0.105. The fourth-order valence-corrected chi connectivity index (χ4v) is 3.61. The van der Waals surface area contributed by atoms with Gasteiger partial charge in [0.15, 0.2) is 11.0 Å². The Balaban J connectivity index is 1.69. The van der Waals surface area contributed by atoms with E-state index in [0.29, 0.717) is 16.7 Å². The summed E-state index contributed by atoms with van der Waals surface area (Å²) in [5, 5.41) is 12.7. The van der Waals surface area contributed by atoms with E-state index >= 15 is 0 Å². The molecule has 0 radical (unpaired) electrons. The van der Waals surface area contributed by atoms with Gasteiger partial charge in [0.2, 0.25) is 5.91 Å². The van der Waals surface area contributed by atoms with Crippen LogP contribution >= 0.6 is 23.4 Å². The lowest BCUT2D eigenvalue weighted by atomic mass is 10.2. The van der Waals surface area contributed by atoms with Gasteiger partial charge in [0, 0.05) is 17.3 Å². The first-order valence-electron chi connectivity index (χ1n) is 8.16. The predicted octanol–water partition coefficient (Wildman–Crippen LogP) is 4.56. The molecule has 8 heteroatoms. The molecule has 0 saturated heterocycles. The van der Waals surface area contributed by atoms with E-state index in [1.54, 1.807) is 18.4 Å². The molecule has 0 saturated carbocycles. The zero-order chi connectivity index (χ0) is 18.7. The van der Waals surface area contributed by atoms with Crippen LogP contribution in [-0.2, 0) is 11.3 Å². The fraction of sp³-hybridized carbons (Fsp3) is 0.278. The number of anilines is 1. The number of nitrogens with one attached hydrogen (secondary N) is 1. The van der Waals surface area contributed by atoms with E-state index in [4.69, 9.17) is 16.0 Å². The molecule has 0 atom stereocenters. The first-order chi connectivity index (χ1) is 12.5. The molecule has 2 heterocycles. The van der Waals surface area contributed by atoms with Gasteiger partial charge in [-0.15, -0.1) is 10.2 Å². The van der Waals surface area contributed by atoms with Crippen molar-refractivity contribution >= 4 is 35.0 Å². The van der Waals surface area contributed by atoms with E-state index < -0.39 is 0 Å². The smallest absolute Gasteiger partial charge is 0.234 e. The first kappa shape index (κ1) is 18.5. The van der Waals surface area contributed by atoms with Crippen LogP contribution in [0.4, 0.5) is 5.69 Å². The average Bonchev–Trinajstić information content (AvgIpc) is 3.20. The summed E-state index contributed by atoms with van der Waals surface area (Å²) in [5.74, 6) is 1.67. The number of benzene rings is 1. The zero-order valence-corrected chi connectivity index (χ0v) is 16.3. The summed E-state index contributed by atoms with van der Waals surface area (Å²) < 4.78 is 7.33. The van der Waals surface area contributed by atoms with Crippen molar-refractivity contribution in [2.45, 2.75) is 32.5 Å². The Morgan fingerprint density at radius 3 is 2.77 bits per heavy atom. The lowest BCUT2D eigenvalue weighted by Gasteiger charge is -2.09. The number of rotatable bonds is 6. The molecule has 0 aliphatic rings. The molecule has 136 valence electrons. The summed E-state index contributed by atoms with van der Waals surface area (Å²) >= 11 is 7.29. The summed E-state index contributed by atoms with van der Waals surface area (Å²) in [5.41, 5.74) is 2.59. The Labute approximate surface area is 160 Å². The van der Waals surface area contributed by atoms with Gasteiger partial charge in [0.25, 0.3) is 0 Å². The average molecular weight is 391 g/mol. The molecule has 1 N–H and O–H groups in total. The Bertz CT molecular complexity index is 935. The lowest BCUT2D eigenvalue weighted by molar-refractivity contribution is -0.113. The second-order valence-corrected chi connectivity index (χ2v) is 7.12. The van der Waals surface area contributed by atoms with Crippen molar-refractivity contribution in [3.8, 4) is 11.4 Å². The summed E-state index contributed by atoms with van der Waals surface area (Å²) in [6.07, 6.45) is 1.63. The highest BCUT2D eigenvalue weighted by Gasteiger charge is 2.17. The van der Waals surface area contributed by atoms with E-state index in [-0.39, 0.29) is 11.7 Å². The lowest BCUT2D eigenvalue weighted by Crippen LogP contribution is -2.15. The topological polar surface area (TPSA) is 73.0 Å². The van der Waals surface area contributed by atoms with Crippen LogP contribution < -0.4 is 5.32 Å². The van der Waals surface area contributed by atoms with Gasteiger partial charge < -0.3 is 14.3 Å². The third kappa shape index (κ3) is 3.94. The van der Waals surface area contributed by atoms with E-state index in [1.807, 2.05) is 37.5 Å². The molecule has 1 aromatic carbocycles. The fourth-order valence-electron chi connectivity index (χ4n) is 2.58. The molecule has 0 unspecified atom stereocenters. The van der Waals surface area contributed by atoms with Gasteiger partial charge in [-0.3, -0.25) is 4.79 Å². The highest BCUT2D eigenvalue weighted by molar-refractivity contribution is 7.99. The maximum Gasteiger partial charge on any atom is 0.234 e. The van der Waals surface area contributed by atoms with E-state index in [0.717, 1.165) is 28.4 Å². The second-order valence-electron chi connectivity index (χ2n) is 5.74. The standard InChI is InChI=1S/C18H19ClN4O2S/c1-4-23-17(14-7-8-25-12(14)3)21-22-18(23)26-10-16(24)20-15-6-5-13(19)9-11(15)2/h5-9H,4,10H2,1-3H3,(H,20,24). The maximum absolute atomic E-state index is 12.3. The third-order valence-corrected chi connectivity index (χ3v) is 5.13. The molecular formula is C18H19ClN4O2S. The number of hydrogen-bond donors (Lipinski definition) is 1. The molecule has 3 rings (SSSR count). The van der Waals surface area contributed by atoms with Crippen LogP contribution in [0.15, 0.2) is 40.1 Å². The monoisotopic (exact) mass is 390 g/mol. The molecule has 3 aromatic rings. The zero-order valence-electron chi connectivity index (χ0n) is 14.7. The van der Waals surface area contributed by atoms with Gasteiger partial charge in [0.05, 0.1) is 17.6 Å². The number of nitrogens with zero attached hydrogens (tertiary/aromatic N) is 3. The molecule has 0 aliphatic heterocycles. The largest absolute Gasteiger partial charge is 0.469 e. The van der Waals surface area contributed by atoms with Gasteiger partial charge in [-0.05, 0) is 50.6 Å². The van der Waals surface area contributed by atoms with Gasteiger partial charge in [-0.1, -0.05) is 23.4 Å². The van der Waals surface area contributed by atoms with Crippen molar-refractivity contribution in [1.82, 2.24) is 14.8 Å². The molecule has 0 fully saturated rings. The quantitative estimate of drug-likeness (QED) is 0.624. The molecule has 0 aliphatic carbocycles. The van der Waals surface area contributed by atoms with Gasteiger partial charge >= 0.3 is 0 Å². The minimum absolute atomic E-state index is 0.105. The summed E-state index contributed by atoms with van der Waals surface area (Å²) in [6.45, 7) is 6.51. The summed E-state index contributed by atoms with van der Waals surface area (Å²) in [7, 11) is 0. The van der Waals surface area contributed by atoms with Crippen LogP contribution in [0.5, 0.6) is 0 Å². The van der Waals surface area contributed by atoms with Crippen molar-refractivity contribution in [2.75, 3.05) is 11.1 Å². The number of aromatic nitrogens is 3. The molecule has 0 spiro atoms. The van der Waals surface area contributed by atoms with Crippen LogP contribution in [-0.4, -0.2) is 26.4 Å². The van der Waals surface area contributed by atoms with Crippen LogP contribution in [0.3, 0.4) is 0 Å². The van der Waals surface area contributed by atoms with Gasteiger partial charge in [-0.2, -0.15) is 0 Å². The first-order valence-corrected chi connectivity index (χ1v) is 9.52. The number of amides is 1. The number of hydrogen-bond acceptors (Lipinski definition) is 5. The van der Waals surface area contributed by atoms with Crippen LogP contribution in [0.1, 0.15) is 18.2 Å². The third-order valence-electron chi connectivity index (χ3n) is 3.93. The van der Waals surface area contributed by atoms with Crippen molar-refractivity contribution < 1.29 is 9.21 Å². The molecule has 26 heavy (non-hydrogen) atoms. The Morgan fingerprint density at radius 1 is 1.31 bits per heavy atom. The predicted molar refractivity (Wildman–Crippen MR) is 104 cm³/mol. The highest BCUT2D eigenvalue weighted by Crippen LogP contribution is 2.27. The molecule has 1 amide bonds. The number of furan rings is 1. The Hall–Kier alpha value is -2.25. The number of carbonyl (C=O) groups is 1. The van der Waals surface area contributed by atoms with Crippen LogP contribution in [0.25, 0.3) is 11.4 Å². The van der Waals surface area contributed by atoms with Crippen molar-refractivity contribution in [2.24, 2.45) is 0 Å². The van der Waals surface area contributed by atoms with Crippen molar-refractivity contribution in [3.05, 3.63) is 46.9 Å². The minimum Gasteiger partial charge on any atom is -0.469 e. The van der Waals surface area contributed by atoms with E-state index in [9.17, 15) is 4.79 Å². The number of thioether (sulfide) groups is 1. The molecule has 0 bridgehead atoms. The molecular weight excluding hydrogens is 372 g/mol. The second kappa shape index (κ2) is 7.97. The number of halogens is 1. The van der Waals surface area contributed by atoms with Crippen molar-refractivity contribution in [1.29, 1.82) is 0 Å². The molecule has 6 nitrogen and oxygen atoms in total. The Kier molecular flexibility index (Phi) is 5.68. The molecule has 2 aromatic heterocycles. The van der Waals surface area contributed by atoms with Crippen LogP contribution in [0, 0.1) is 13.8 Å². The SMILES string of the molecule is CCn1c(SCC(=O)Nc2ccc(Cl)cc2C)nnc1-c1ccoc1C. The van der Waals surface area contributed by atoms with E-state index in [2.05, 4.69) is 15.5 Å². The summed E-state index contributed by atoms with van der Waals surface area (Å²) in [6, 6.07) is 7.24. The number of carbonyl (C=O) groups excluding carboxylic acids is 1. The summed E-state index contributed by atoms with van der Waals surface area (Å²) in [4.78, 5) is 12.3. The van der Waals surface area contributed by atoms with Crippen molar-refractivity contribution in [3.63, 3.8) is 0 Å². The maximum atomic E-state index is 12.3. The van der Waals surface area contributed by atoms with E-state index in [1.165, 1.54) is 11.8 Å². The highest BCUT2D eigenvalue weighted by atomic mass is 35.5.